The Hall–Kier alpha value is -2.33. The second-order valence-electron chi connectivity index (χ2n) is 6.28. The Morgan fingerprint density at radius 1 is 1.22 bits per heavy atom. The van der Waals surface area contributed by atoms with Crippen LogP contribution < -0.4 is 5.32 Å². The van der Waals surface area contributed by atoms with Crippen molar-refractivity contribution < 1.29 is 9.21 Å². The van der Waals surface area contributed by atoms with Crippen molar-refractivity contribution in [2.45, 2.75) is 19.4 Å². The molecule has 1 aliphatic heterocycles. The van der Waals surface area contributed by atoms with E-state index in [4.69, 9.17) is 4.42 Å². The average molecular weight is 308 g/mol. The van der Waals surface area contributed by atoms with Gasteiger partial charge >= 0.3 is 0 Å². The van der Waals surface area contributed by atoms with Crippen LogP contribution in [0.15, 0.2) is 40.8 Å². The highest BCUT2D eigenvalue weighted by Crippen LogP contribution is 2.32. The summed E-state index contributed by atoms with van der Waals surface area (Å²) in [6, 6.07) is 12.5. The van der Waals surface area contributed by atoms with E-state index in [2.05, 4.69) is 17.4 Å². The molecule has 118 valence electrons. The molecule has 4 rings (SSSR count). The molecular formula is C19H20N2O2. The van der Waals surface area contributed by atoms with Crippen molar-refractivity contribution in [1.82, 2.24) is 10.2 Å². The summed E-state index contributed by atoms with van der Waals surface area (Å²) in [6.07, 6.45) is 0.991. The molecule has 0 saturated carbocycles. The van der Waals surface area contributed by atoms with Crippen LogP contribution in [0.4, 0.5) is 0 Å². The normalized spacial score (nSPS) is 17.9. The van der Waals surface area contributed by atoms with Gasteiger partial charge in [0.2, 0.25) is 0 Å². The first-order chi connectivity index (χ1) is 11.2. The zero-order valence-corrected chi connectivity index (χ0v) is 13.4. The van der Waals surface area contributed by atoms with Crippen molar-refractivity contribution in [3.05, 3.63) is 47.7 Å². The second kappa shape index (κ2) is 5.39. The Bertz CT molecular complexity index is 891. The summed E-state index contributed by atoms with van der Waals surface area (Å²) < 4.78 is 6.04. The minimum Gasteiger partial charge on any atom is -0.450 e. The zero-order chi connectivity index (χ0) is 16.0. The lowest BCUT2D eigenvalue weighted by Gasteiger charge is -2.22. The van der Waals surface area contributed by atoms with Gasteiger partial charge in [-0.25, -0.2) is 0 Å². The lowest BCUT2D eigenvalue weighted by Crippen LogP contribution is -2.38. The molecular weight excluding hydrogens is 288 g/mol. The number of hydrogen-bond donors (Lipinski definition) is 1. The lowest BCUT2D eigenvalue weighted by atomic mass is 10.1. The number of nitrogens with one attached hydrogen (secondary N) is 1. The molecule has 1 fully saturated rings. The van der Waals surface area contributed by atoms with Crippen molar-refractivity contribution in [2.75, 3.05) is 20.1 Å². The zero-order valence-electron chi connectivity index (χ0n) is 13.4. The van der Waals surface area contributed by atoms with Crippen LogP contribution in [-0.4, -0.2) is 37.0 Å². The minimum atomic E-state index is -0.0310. The van der Waals surface area contributed by atoms with Gasteiger partial charge in [-0.2, -0.15) is 0 Å². The largest absolute Gasteiger partial charge is 0.450 e. The molecule has 0 aliphatic carbocycles. The van der Waals surface area contributed by atoms with Gasteiger partial charge in [-0.15, -0.1) is 0 Å². The van der Waals surface area contributed by atoms with E-state index in [0.717, 1.165) is 46.8 Å². The Balaban J connectivity index is 1.82. The van der Waals surface area contributed by atoms with Crippen molar-refractivity contribution in [1.29, 1.82) is 0 Å². The van der Waals surface area contributed by atoms with Crippen molar-refractivity contribution in [3.8, 4) is 0 Å². The predicted molar refractivity (Wildman–Crippen MR) is 91.8 cm³/mol. The number of amides is 1. The molecule has 1 aliphatic rings. The lowest BCUT2D eigenvalue weighted by molar-refractivity contribution is 0.0713. The SMILES string of the molecule is Cc1c(C(=O)N(C)C2CCNC2)oc2c1ccc1ccccc12. The number of nitrogens with zero attached hydrogens (tertiary/aromatic N) is 1. The summed E-state index contributed by atoms with van der Waals surface area (Å²) in [6.45, 7) is 3.78. The van der Waals surface area contributed by atoms with E-state index in [1.54, 1.807) is 0 Å². The Labute approximate surface area is 135 Å². The Morgan fingerprint density at radius 3 is 2.83 bits per heavy atom. The van der Waals surface area contributed by atoms with E-state index in [1.165, 1.54) is 0 Å². The molecule has 4 heteroatoms. The van der Waals surface area contributed by atoms with Crippen LogP contribution >= 0.6 is 0 Å². The maximum absolute atomic E-state index is 12.9. The molecule has 0 bridgehead atoms. The van der Waals surface area contributed by atoms with E-state index in [0.29, 0.717) is 5.76 Å². The number of carbonyl (C=O) groups excluding carboxylic acids is 1. The summed E-state index contributed by atoms with van der Waals surface area (Å²) in [5.74, 6) is 0.433. The highest BCUT2D eigenvalue weighted by atomic mass is 16.3. The van der Waals surface area contributed by atoms with Crippen molar-refractivity contribution >= 4 is 27.6 Å². The van der Waals surface area contributed by atoms with Crippen LogP contribution in [0.3, 0.4) is 0 Å². The van der Waals surface area contributed by atoms with Crippen LogP contribution in [0.1, 0.15) is 22.5 Å². The quantitative estimate of drug-likeness (QED) is 0.790. The van der Waals surface area contributed by atoms with Crippen LogP contribution in [0.5, 0.6) is 0 Å². The maximum Gasteiger partial charge on any atom is 0.289 e. The molecule has 1 N–H and O–H groups in total. The molecule has 1 saturated heterocycles. The van der Waals surface area contributed by atoms with Gasteiger partial charge < -0.3 is 14.6 Å². The maximum atomic E-state index is 12.9. The van der Waals surface area contributed by atoms with Crippen LogP contribution in [-0.2, 0) is 0 Å². The van der Waals surface area contributed by atoms with E-state index < -0.39 is 0 Å². The van der Waals surface area contributed by atoms with Gasteiger partial charge in [0.05, 0.1) is 0 Å². The van der Waals surface area contributed by atoms with E-state index in [-0.39, 0.29) is 11.9 Å². The molecule has 1 amide bonds. The van der Waals surface area contributed by atoms with Crippen LogP contribution in [0.25, 0.3) is 21.7 Å². The molecule has 2 heterocycles. The third-order valence-electron chi connectivity index (χ3n) is 4.92. The van der Waals surface area contributed by atoms with Gasteiger partial charge in [0.25, 0.3) is 5.91 Å². The molecule has 1 atom stereocenters. The second-order valence-corrected chi connectivity index (χ2v) is 6.28. The average Bonchev–Trinajstić information content (AvgIpc) is 3.22. The number of hydrogen-bond acceptors (Lipinski definition) is 3. The Morgan fingerprint density at radius 2 is 2.04 bits per heavy atom. The number of benzene rings is 2. The molecule has 4 nitrogen and oxygen atoms in total. The smallest absolute Gasteiger partial charge is 0.289 e. The van der Waals surface area contributed by atoms with Crippen molar-refractivity contribution in [3.63, 3.8) is 0 Å². The third kappa shape index (κ3) is 2.21. The van der Waals surface area contributed by atoms with Crippen LogP contribution in [0.2, 0.25) is 0 Å². The predicted octanol–water partition coefficient (Wildman–Crippen LogP) is 3.33. The highest BCUT2D eigenvalue weighted by Gasteiger charge is 2.28. The van der Waals surface area contributed by atoms with Crippen molar-refractivity contribution in [2.24, 2.45) is 0 Å². The van der Waals surface area contributed by atoms with Gasteiger partial charge in [0.1, 0.15) is 5.58 Å². The summed E-state index contributed by atoms with van der Waals surface area (Å²) in [4.78, 5) is 14.7. The summed E-state index contributed by atoms with van der Waals surface area (Å²) >= 11 is 0. The first-order valence-corrected chi connectivity index (χ1v) is 8.05. The third-order valence-corrected chi connectivity index (χ3v) is 4.92. The summed E-state index contributed by atoms with van der Waals surface area (Å²) in [5, 5.41) is 6.50. The van der Waals surface area contributed by atoms with E-state index >= 15 is 0 Å². The number of fused-ring (bicyclic) bond motifs is 3. The molecule has 0 radical (unpaired) electrons. The summed E-state index contributed by atoms with van der Waals surface area (Å²) in [7, 11) is 1.87. The number of rotatable bonds is 2. The number of aryl methyl sites for hydroxylation is 1. The highest BCUT2D eigenvalue weighted by molar-refractivity contribution is 6.08. The number of likely N-dealkylation sites (N-methyl/N-ethyl adjacent to an activating group) is 1. The first-order valence-electron chi connectivity index (χ1n) is 8.05. The number of furan rings is 1. The van der Waals surface area contributed by atoms with Gasteiger partial charge in [0.15, 0.2) is 5.76 Å². The van der Waals surface area contributed by atoms with Gasteiger partial charge in [-0.1, -0.05) is 36.4 Å². The summed E-state index contributed by atoms with van der Waals surface area (Å²) in [5.41, 5.74) is 1.73. The monoisotopic (exact) mass is 308 g/mol. The fourth-order valence-corrected chi connectivity index (χ4v) is 3.45. The fraction of sp³-hybridized carbons (Fsp3) is 0.316. The minimum absolute atomic E-state index is 0.0310. The number of carbonyl (C=O) groups is 1. The van der Waals surface area contributed by atoms with E-state index in [9.17, 15) is 4.79 Å². The molecule has 1 unspecified atom stereocenters. The standard InChI is InChI=1S/C19H20N2O2/c1-12-15-8-7-13-5-3-4-6-16(13)18(15)23-17(12)19(22)21(2)14-9-10-20-11-14/h3-8,14,20H,9-11H2,1-2H3. The van der Waals surface area contributed by atoms with Gasteiger partial charge in [-0.05, 0) is 25.3 Å². The van der Waals surface area contributed by atoms with E-state index in [1.807, 2.05) is 43.1 Å². The fourth-order valence-electron chi connectivity index (χ4n) is 3.45. The van der Waals surface area contributed by atoms with Gasteiger partial charge in [0, 0.05) is 36.0 Å². The van der Waals surface area contributed by atoms with Crippen LogP contribution in [0, 0.1) is 6.92 Å². The molecule has 23 heavy (non-hydrogen) atoms. The Kier molecular flexibility index (Phi) is 3.34. The molecule has 2 aromatic carbocycles. The topological polar surface area (TPSA) is 45.5 Å². The first kappa shape index (κ1) is 14.3. The van der Waals surface area contributed by atoms with Gasteiger partial charge in [-0.3, -0.25) is 4.79 Å². The molecule has 3 aromatic rings. The molecule has 0 spiro atoms. The molecule has 1 aromatic heterocycles.